The van der Waals surface area contributed by atoms with Gasteiger partial charge in [0.15, 0.2) is 0 Å². The topological polar surface area (TPSA) is 48.1 Å². The van der Waals surface area contributed by atoms with Crippen molar-refractivity contribution in [2.45, 2.75) is 6.42 Å². The first-order valence-corrected chi connectivity index (χ1v) is 4.28. The Labute approximate surface area is 79.7 Å². The summed E-state index contributed by atoms with van der Waals surface area (Å²) in [4.78, 5) is 4.10. The van der Waals surface area contributed by atoms with E-state index in [0.717, 1.165) is 17.9 Å². The van der Waals surface area contributed by atoms with Gasteiger partial charge in [0.1, 0.15) is 5.75 Å². The van der Waals surface area contributed by atoms with Crippen molar-refractivity contribution in [3.05, 3.63) is 30.6 Å². The molecule has 0 aliphatic rings. The summed E-state index contributed by atoms with van der Waals surface area (Å²) in [5, 5.41) is 0. The van der Waals surface area contributed by atoms with Gasteiger partial charge in [-0.1, -0.05) is 6.58 Å². The Morgan fingerprint density at radius 3 is 3.00 bits per heavy atom. The number of ether oxygens (including phenoxy) is 1. The fourth-order valence-corrected chi connectivity index (χ4v) is 0.871. The molecule has 0 amide bonds. The molecule has 3 heteroatoms. The van der Waals surface area contributed by atoms with E-state index in [9.17, 15) is 0 Å². The molecule has 1 heterocycles. The van der Waals surface area contributed by atoms with Gasteiger partial charge in [-0.05, 0) is 31.2 Å². The van der Waals surface area contributed by atoms with Crippen LogP contribution in [-0.2, 0) is 0 Å². The predicted octanol–water partition coefficient (Wildman–Crippen LogP) is 1.70. The van der Waals surface area contributed by atoms with Gasteiger partial charge >= 0.3 is 0 Å². The van der Waals surface area contributed by atoms with Crippen LogP contribution < -0.4 is 10.5 Å². The smallest absolute Gasteiger partial charge is 0.137 e. The molecule has 0 radical (unpaired) electrons. The molecule has 2 N–H and O–H groups in total. The van der Waals surface area contributed by atoms with Crippen molar-refractivity contribution in [2.24, 2.45) is 5.73 Å². The molecule has 0 aliphatic carbocycles. The number of nitrogens with two attached hydrogens (primary N) is 1. The minimum Gasteiger partial charge on any atom is -0.492 e. The molecule has 1 aromatic heterocycles. The number of rotatable bonds is 5. The van der Waals surface area contributed by atoms with Gasteiger partial charge in [0.2, 0.25) is 0 Å². The third-order valence-electron chi connectivity index (χ3n) is 1.59. The summed E-state index contributed by atoms with van der Waals surface area (Å²) in [6.07, 6.45) is 4.25. The lowest BCUT2D eigenvalue weighted by molar-refractivity contribution is 0.312. The molecular weight excluding hydrogens is 164 g/mol. The van der Waals surface area contributed by atoms with E-state index in [4.69, 9.17) is 10.5 Å². The van der Waals surface area contributed by atoms with Gasteiger partial charge in [0, 0.05) is 1.43 Å². The highest BCUT2D eigenvalue weighted by atomic mass is 16.5. The van der Waals surface area contributed by atoms with Gasteiger partial charge in [0.05, 0.1) is 18.5 Å². The number of nitrogens with zero attached hydrogens (tertiary/aromatic N) is 1. The first kappa shape index (κ1) is 9.74. The molecule has 0 saturated heterocycles. The highest BCUT2D eigenvalue weighted by molar-refractivity contribution is 5.42. The van der Waals surface area contributed by atoms with Gasteiger partial charge in [0.25, 0.3) is 0 Å². The van der Waals surface area contributed by atoms with Crippen molar-refractivity contribution >= 4 is 6.08 Å². The molecule has 0 atom stereocenters. The molecule has 3 nitrogen and oxygen atoms in total. The molecule has 13 heavy (non-hydrogen) atoms. The quantitative estimate of drug-likeness (QED) is 0.701. The van der Waals surface area contributed by atoms with Crippen molar-refractivity contribution in [1.82, 2.24) is 4.98 Å². The summed E-state index contributed by atoms with van der Waals surface area (Å²) in [5.41, 5.74) is 6.18. The van der Waals surface area contributed by atoms with Crippen LogP contribution in [0.15, 0.2) is 24.9 Å². The summed E-state index contributed by atoms with van der Waals surface area (Å²) in [5.74, 6) is 0.777. The van der Waals surface area contributed by atoms with Crippen LogP contribution in [0.5, 0.6) is 5.75 Å². The van der Waals surface area contributed by atoms with Crippen LogP contribution in [0.3, 0.4) is 0 Å². The van der Waals surface area contributed by atoms with Gasteiger partial charge in [-0.2, -0.15) is 0 Å². The molecule has 1 rings (SSSR count). The maximum absolute atomic E-state index is 5.37. The van der Waals surface area contributed by atoms with Crippen molar-refractivity contribution in [3.63, 3.8) is 0 Å². The summed E-state index contributed by atoms with van der Waals surface area (Å²) < 4.78 is 5.37. The molecule has 0 fully saturated rings. The second kappa shape index (κ2) is 5.32. The van der Waals surface area contributed by atoms with E-state index < -0.39 is 0 Å². The Morgan fingerprint density at radius 2 is 2.46 bits per heavy atom. The van der Waals surface area contributed by atoms with E-state index >= 15 is 0 Å². The van der Waals surface area contributed by atoms with Crippen LogP contribution in [0.4, 0.5) is 0 Å². The number of aromatic nitrogens is 1. The van der Waals surface area contributed by atoms with Crippen molar-refractivity contribution in [3.8, 4) is 5.75 Å². The van der Waals surface area contributed by atoms with Crippen LogP contribution >= 0.6 is 0 Å². The molecule has 72 valence electrons. The lowest BCUT2D eigenvalue weighted by Crippen LogP contribution is -2.06. The van der Waals surface area contributed by atoms with E-state index in [2.05, 4.69) is 11.6 Å². The molecule has 0 unspecified atom stereocenters. The summed E-state index contributed by atoms with van der Waals surface area (Å²) in [6.45, 7) is 4.91. The molecule has 1 aromatic rings. The van der Waals surface area contributed by atoms with E-state index in [-0.39, 0.29) is 1.43 Å². The monoisotopic (exact) mass is 180 g/mol. The Bertz CT molecular complexity index is 261. The van der Waals surface area contributed by atoms with Crippen LogP contribution in [0, 0.1) is 0 Å². The van der Waals surface area contributed by atoms with Gasteiger partial charge < -0.3 is 10.5 Å². The standard InChI is InChI=1S/C10H14N2O.H2/c1-2-9-4-5-10(8-12-9)13-7-3-6-11;/h2,4-5,8H,1,3,6-7,11H2;1H. The van der Waals surface area contributed by atoms with Gasteiger partial charge in [-0.3, -0.25) is 4.98 Å². The number of pyridine rings is 1. The van der Waals surface area contributed by atoms with Crippen LogP contribution in [0.1, 0.15) is 13.5 Å². The highest BCUT2D eigenvalue weighted by Gasteiger charge is 1.93. The SMILES string of the molecule is C=Cc1ccc(OCCCN)cn1.[HH]. The largest absolute Gasteiger partial charge is 0.492 e. The number of hydrogen-bond donors (Lipinski definition) is 1. The third-order valence-corrected chi connectivity index (χ3v) is 1.59. The lowest BCUT2D eigenvalue weighted by Gasteiger charge is -2.03. The average molecular weight is 180 g/mol. The first-order chi connectivity index (χ1) is 6.36. The molecule has 0 aromatic carbocycles. The third kappa shape index (κ3) is 3.25. The summed E-state index contributed by atoms with van der Waals surface area (Å²) in [6, 6.07) is 3.74. The Morgan fingerprint density at radius 1 is 1.62 bits per heavy atom. The van der Waals surface area contributed by atoms with E-state index in [0.29, 0.717) is 13.2 Å². The summed E-state index contributed by atoms with van der Waals surface area (Å²) in [7, 11) is 0. The van der Waals surface area contributed by atoms with E-state index in [1.54, 1.807) is 12.3 Å². The molecular formula is C10H16N2O. The Balaban J connectivity index is 0.00000169. The van der Waals surface area contributed by atoms with Crippen molar-refractivity contribution in [2.75, 3.05) is 13.2 Å². The average Bonchev–Trinajstić information content (AvgIpc) is 2.19. The fourth-order valence-electron chi connectivity index (χ4n) is 0.871. The summed E-state index contributed by atoms with van der Waals surface area (Å²) >= 11 is 0. The molecule has 0 aliphatic heterocycles. The minimum absolute atomic E-state index is 0. The maximum Gasteiger partial charge on any atom is 0.137 e. The van der Waals surface area contributed by atoms with Gasteiger partial charge in [-0.15, -0.1) is 0 Å². The van der Waals surface area contributed by atoms with Crippen molar-refractivity contribution < 1.29 is 6.16 Å². The van der Waals surface area contributed by atoms with Crippen molar-refractivity contribution in [1.29, 1.82) is 0 Å². The van der Waals surface area contributed by atoms with Gasteiger partial charge in [-0.25, -0.2) is 0 Å². The molecule has 0 bridgehead atoms. The first-order valence-electron chi connectivity index (χ1n) is 4.28. The zero-order chi connectivity index (χ0) is 9.52. The minimum atomic E-state index is 0. The highest BCUT2D eigenvalue weighted by Crippen LogP contribution is 2.09. The van der Waals surface area contributed by atoms with Crippen LogP contribution in [0.2, 0.25) is 0 Å². The molecule has 0 saturated carbocycles. The second-order valence-electron chi connectivity index (χ2n) is 2.61. The number of hydrogen-bond acceptors (Lipinski definition) is 3. The van der Waals surface area contributed by atoms with E-state index in [1.807, 2.05) is 12.1 Å². The second-order valence-corrected chi connectivity index (χ2v) is 2.61. The zero-order valence-electron chi connectivity index (χ0n) is 7.57. The Hall–Kier alpha value is -1.35. The van der Waals surface area contributed by atoms with Crippen LogP contribution in [-0.4, -0.2) is 18.1 Å². The predicted molar refractivity (Wildman–Crippen MR) is 55.6 cm³/mol. The normalized spacial score (nSPS) is 9.62. The van der Waals surface area contributed by atoms with E-state index in [1.165, 1.54) is 0 Å². The van der Waals surface area contributed by atoms with Crippen LogP contribution in [0.25, 0.3) is 6.08 Å². The maximum atomic E-state index is 5.37. The zero-order valence-corrected chi connectivity index (χ0v) is 7.57. The molecule has 0 spiro atoms. The lowest BCUT2D eigenvalue weighted by atomic mass is 10.3. The Kier molecular flexibility index (Phi) is 3.99. The fraction of sp³-hybridized carbons (Fsp3) is 0.300.